The summed E-state index contributed by atoms with van der Waals surface area (Å²) in [5.41, 5.74) is 0.586. The quantitative estimate of drug-likeness (QED) is 0.582. The first-order valence-electron chi connectivity index (χ1n) is 8.64. The Hall–Kier alpha value is -1.67. The Morgan fingerprint density at radius 2 is 2.08 bits per heavy atom. The Morgan fingerprint density at radius 1 is 1.32 bits per heavy atom. The fourth-order valence-corrected chi connectivity index (χ4v) is 4.83. The number of nitrogens with zero attached hydrogens (tertiary/aromatic N) is 2. The number of aliphatic imine (C=N–C) groups is 1. The van der Waals surface area contributed by atoms with Gasteiger partial charge < -0.3 is 10.6 Å². The summed E-state index contributed by atoms with van der Waals surface area (Å²) >= 11 is 0. The van der Waals surface area contributed by atoms with Crippen molar-refractivity contribution in [2.45, 2.75) is 24.7 Å². The standard InChI is InChI=1S/C17H25FN4O2S/c1-19-16(20-9-11-22-10-4-12-25(22,23)24)21-13-17(7-8-17)14-5-2-3-6-15(14)18/h2-3,5-6H,4,7-13H2,1H3,(H2,19,20,21). The van der Waals surface area contributed by atoms with Gasteiger partial charge in [0, 0.05) is 38.6 Å². The maximum Gasteiger partial charge on any atom is 0.214 e. The minimum absolute atomic E-state index is 0.163. The predicted octanol–water partition coefficient (Wildman–Crippen LogP) is 1.06. The Bertz CT molecular complexity index is 747. The van der Waals surface area contributed by atoms with Crippen molar-refractivity contribution in [1.82, 2.24) is 14.9 Å². The molecule has 2 aliphatic rings. The Balaban J connectivity index is 1.49. The molecule has 0 bridgehead atoms. The van der Waals surface area contributed by atoms with Gasteiger partial charge in [-0.05, 0) is 30.9 Å². The van der Waals surface area contributed by atoms with E-state index in [1.165, 1.54) is 10.4 Å². The minimum Gasteiger partial charge on any atom is -0.356 e. The van der Waals surface area contributed by atoms with E-state index in [2.05, 4.69) is 15.6 Å². The molecule has 1 aromatic carbocycles. The first-order chi connectivity index (χ1) is 12.0. The molecule has 0 atom stereocenters. The summed E-state index contributed by atoms with van der Waals surface area (Å²) in [7, 11) is -1.40. The zero-order chi connectivity index (χ0) is 17.9. The van der Waals surface area contributed by atoms with Crippen molar-refractivity contribution < 1.29 is 12.8 Å². The van der Waals surface area contributed by atoms with Crippen LogP contribution < -0.4 is 10.6 Å². The second-order valence-electron chi connectivity index (χ2n) is 6.68. The molecule has 0 amide bonds. The highest BCUT2D eigenvalue weighted by Crippen LogP contribution is 2.48. The van der Waals surface area contributed by atoms with Gasteiger partial charge in [0.05, 0.1) is 5.75 Å². The molecule has 1 saturated carbocycles. The molecule has 0 spiro atoms. The molecule has 1 saturated heterocycles. The van der Waals surface area contributed by atoms with Gasteiger partial charge >= 0.3 is 0 Å². The number of hydrogen-bond acceptors (Lipinski definition) is 3. The first-order valence-corrected chi connectivity index (χ1v) is 10.3. The van der Waals surface area contributed by atoms with Gasteiger partial charge in [0.1, 0.15) is 5.82 Å². The number of halogens is 1. The number of guanidine groups is 1. The van der Waals surface area contributed by atoms with Gasteiger partial charge in [-0.3, -0.25) is 4.99 Å². The molecule has 6 nitrogen and oxygen atoms in total. The Kier molecular flexibility index (Phi) is 5.29. The van der Waals surface area contributed by atoms with Crippen LogP contribution in [0, 0.1) is 5.82 Å². The molecule has 1 aliphatic carbocycles. The van der Waals surface area contributed by atoms with Crippen LogP contribution >= 0.6 is 0 Å². The molecule has 25 heavy (non-hydrogen) atoms. The first kappa shape index (κ1) is 18.1. The minimum atomic E-state index is -3.07. The van der Waals surface area contributed by atoms with E-state index < -0.39 is 10.0 Å². The van der Waals surface area contributed by atoms with Gasteiger partial charge in [-0.2, -0.15) is 0 Å². The molecular weight excluding hydrogens is 343 g/mol. The number of nitrogens with one attached hydrogen (secondary N) is 2. The van der Waals surface area contributed by atoms with Crippen molar-refractivity contribution in [3.8, 4) is 0 Å². The van der Waals surface area contributed by atoms with E-state index in [9.17, 15) is 12.8 Å². The van der Waals surface area contributed by atoms with Crippen LogP contribution in [0.4, 0.5) is 4.39 Å². The lowest BCUT2D eigenvalue weighted by Gasteiger charge is -2.20. The lowest BCUT2D eigenvalue weighted by molar-refractivity contribution is 0.444. The van der Waals surface area contributed by atoms with Crippen LogP contribution in [0.15, 0.2) is 29.3 Å². The Labute approximate surface area is 148 Å². The zero-order valence-corrected chi connectivity index (χ0v) is 15.3. The third-order valence-electron chi connectivity index (χ3n) is 4.97. The van der Waals surface area contributed by atoms with E-state index >= 15 is 0 Å². The highest BCUT2D eigenvalue weighted by atomic mass is 32.2. The summed E-state index contributed by atoms with van der Waals surface area (Å²) in [5.74, 6) is 0.689. The summed E-state index contributed by atoms with van der Waals surface area (Å²) in [6, 6.07) is 6.91. The topological polar surface area (TPSA) is 73.8 Å². The second-order valence-corrected chi connectivity index (χ2v) is 8.77. The molecule has 2 N–H and O–H groups in total. The maximum absolute atomic E-state index is 14.0. The molecule has 1 heterocycles. The smallest absolute Gasteiger partial charge is 0.214 e. The van der Waals surface area contributed by atoms with Gasteiger partial charge in [0.2, 0.25) is 10.0 Å². The van der Waals surface area contributed by atoms with Crippen molar-refractivity contribution in [2.75, 3.05) is 39.0 Å². The van der Waals surface area contributed by atoms with Crippen molar-refractivity contribution in [3.05, 3.63) is 35.6 Å². The van der Waals surface area contributed by atoms with E-state index in [0.29, 0.717) is 38.6 Å². The molecule has 0 unspecified atom stereocenters. The molecule has 138 valence electrons. The number of sulfonamides is 1. The van der Waals surface area contributed by atoms with E-state index in [1.807, 2.05) is 12.1 Å². The zero-order valence-electron chi connectivity index (χ0n) is 14.5. The molecule has 1 aromatic rings. The van der Waals surface area contributed by atoms with Crippen molar-refractivity contribution >= 4 is 16.0 Å². The van der Waals surface area contributed by atoms with Crippen molar-refractivity contribution in [1.29, 1.82) is 0 Å². The van der Waals surface area contributed by atoms with Gasteiger partial charge in [0.25, 0.3) is 0 Å². The highest BCUT2D eigenvalue weighted by Gasteiger charge is 2.45. The van der Waals surface area contributed by atoms with Crippen LogP contribution in [0.3, 0.4) is 0 Å². The van der Waals surface area contributed by atoms with Crippen LogP contribution in [0.1, 0.15) is 24.8 Å². The molecule has 3 rings (SSSR count). The third-order valence-corrected chi connectivity index (χ3v) is 6.93. The summed E-state index contributed by atoms with van der Waals surface area (Å²) in [6.07, 6.45) is 2.59. The number of rotatable bonds is 6. The van der Waals surface area contributed by atoms with E-state index in [0.717, 1.165) is 18.4 Å². The molecule has 0 radical (unpaired) electrons. The summed E-state index contributed by atoms with van der Waals surface area (Å²) in [4.78, 5) is 4.17. The molecule has 1 aliphatic heterocycles. The third kappa shape index (κ3) is 4.12. The fourth-order valence-electron chi connectivity index (χ4n) is 3.30. The second kappa shape index (κ2) is 7.29. The van der Waals surface area contributed by atoms with Crippen LogP contribution in [0.5, 0.6) is 0 Å². The molecule has 0 aromatic heterocycles. The number of hydrogen-bond donors (Lipinski definition) is 2. The number of benzene rings is 1. The van der Waals surface area contributed by atoms with Crippen LogP contribution in [0.25, 0.3) is 0 Å². The monoisotopic (exact) mass is 368 g/mol. The largest absolute Gasteiger partial charge is 0.356 e. The maximum atomic E-state index is 14.0. The molecular formula is C17H25FN4O2S. The summed E-state index contributed by atoms with van der Waals surface area (Å²) in [6.45, 7) is 2.12. The lowest BCUT2D eigenvalue weighted by Crippen LogP contribution is -2.44. The average molecular weight is 368 g/mol. The normalized spacial score (nSPS) is 21.9. The SMILES string of the molecule is CN=C(NCCN1CCCS1(=O)=O)NCC1(c2ccccc2F)CC1. The molecule has 2 fully saturated rings. The van der Waals surface area contributed by atoms with Gasteiger partial charge in [0.15, 0.2) is 5.96 Å². The lowest BCUT2D eigenvalue weighted by atomic mass is 9.95. The summed E-state index contributed by atoms with van der Waals surface area (Å²) < 4.78 is 39.1. The van der Waals surface area contributed by atoms with E-state index in [-0.39, 0.29) is 17.0 Å². The molecule has 8 heteroatoms. The van der Waals surface area contributed by atoms with E-state index in [1.54, 1.807) is 13.1 Å². The predicted molar refractivity (Wildman–Crippen MR) is 96.7 cm³/mol. The summed E-state index contributed by atoms with van der Waals surface area (Å²) in [5, 5.41) is 6.39. The van der Waals surface area contributed by atoms with Gasteiger partial charge in [-0.25, -0.2) is 17.1 Å². The van der Waals surface area contributed by atoms with Gasteiger partial charge in [-0.1, -0.05) is 18.2 Å². The van der Waals surface area contributed by atoms with Gasteiger partial charge in [-0.15, -0.1) is 0 Å². The highest BCUT2D eigenvalue weighted by molar-refractivity contribution is 7.89. The van der Waals surface area contributed by atoms with Crippen LogP contribution in [-0.4, -0.2) is 57.7 Å². The van der Waals surface area contributed by atoms with Crippen LogP contribution in [-0.2, 0) is 15.4 Å². The Morgan fingerprint density at radius 3 is 2.68 bits per heavy atom. The van der Waals surface area contributed by atoms with Crippen LogP contribution in [0.2, 0.25) is 0 Å². The average Bonchev–Trinajstić information content (AvgIpc) is 3.29. The van der Waals surface area contributed by atoms with Crippen molar-refractivity contribution in [2.24, 2.45) is 4.99 Å². The van der Waals surface area contributed by atoms with E-state index in [4.69, 9.17) is 0 Å². The fraction of sp³-hybridized carbons (Fsp3) is 0.588. The van der Waals surface area contributed by atoms with Crippen molar-refractivity contribution in [3.63, 3.8) is 0 Å².